The van der Waals surface area contributed by atoms with Gasteiger partial charge in [0.15, 0.2) is 0 Å². The van der Waals surface area contributed by atoms with Gasteiger partial charge in [-0.2, -0.15) is 0 Å². The van der Waals surface area contributed by atoms with E-state index in [1.165, 1.54) is 0 Å². The maximum absolute atomic E-state index is 13.0. The van der Waals surface area contributed by atoms with Gasteiger partial charge in [-0.05, 0) is 56.6 Å². The summed E-state index contributed by atoms with van der Waals surface area (Å²) in [5.74, 6) is -0.0146. The number of fused-ring (bicyclic) bond motifs is 1. The third-order valence-corrected chi connectivity index (χ3v) is 6.41. The molecule has 0 aliphatic carbocycles. The number of hydrogen-bond acceptors (Lipinski definition) is 5. The molecule has 1 fully saturated rings. The summed E-state index contributed by atoms with van der Waals surface area (Å²) < 4.78 is 0. The standard InChI is InChI=1S/C23H28N4OS/c1-17-6-7-20-18(15-17)19(16-21(25-20)22-5-3-14-29-22)23(28)24-8-4-9-27-12-10-26(2)11-13-27/h3,5-7,14-16H,4,8-13H2,1-2H3,(H,24,28). The number of benzene rings is 1. The molecule has 0 unspecified atom stereocenters. The fraction of sp³-hybridized carbons (Fsp3) is 0.391. The minimum atomic E-state index is -0.0146. The topological polar surface area (TPSA) is 48.5 Å². The number of pyridine rings is 1. The van der Waals surface area contributed by atoms with Gasteiger partial charge in [0.2, 0.25) is 0 Å². The van der Waals surface area contributed by atoms with Crippen LogP contribution in [-0.4, -0.2) is 67.0 Å². The summed E-state index contributed by atoms with van der Waals surface area (Å²) in [6, 6.07) is 12.1. The first-order valence-corrected chi connectivity index (χ1v) is 11.1. The van der Waals surface area contributed by atoms with Crippen LogP contribution in [0.3, 0.4) is 0 Å². The van der Waals surface area contributed by atoms with E-state index in [2.05, 4.69) is 28.2 Å². The first kappa shape index (κ1) is 20.0. The highest BCUT2D eigenvalue weighted by atomic mass is 32.1. The third kappa shape index (κ3) is 4.83. The van der Waals surface area contributed by atoms with Crippen LogP contribution >= 0.6 is 11.3 Å². The molecule has 152 valence electrons. The van der Waals surface area contributed by atoms with E-state index in [0.29, 0.717) is 12.1 Å². The monoisotopic (exact) mass is 408 g/mol. The van der Waals surface area contributed by atoms with Crippen LogP contribution in [0.2, 0.25) is 0 Å². The number of aromatic nitrogens is 1. The van der Waals surface area contributed by atoms with Gasteiger partial charge in [-0.25, -0.2) is 4.98 Å². The molecule has 4 rings (SSSR count). The SMILES string of the molecule is Cc1ccc2nc(-c3cccs3)cc(C(=O)NCCCN3CCN(C)CC3)c2c1. The molecular weight excluding hydrogens is 380 g/mol. The molecule has 6 heteroatoms. The summed E-state index contributed by atoms with van der Waals surface area (Å²) >= 11 is 1.64. The quantitative estimate of drug-likeness (QED) is 0.633. The molecule has 3 heterocycles. The molecule has 0 spiro atoms. The second-order valence-electron chi connectivity index (χ2n) is 7.81. The second kappa shape index (κ2) is 9.03. The van der Waals surface area contributed by atoms with E-state index in [0.717, 1.165) is 66.2 Å². The van der Waals surface area contributed by atoms with Crippen molar-refractivity contribution in [2.45, 2.75) is 13.3 Å². The maximum atomic E-state index is 13.0. The van der Waals surface area contributed by atoms with Crippen LogP contribution in [0.25, 0.3) is 21.5 Å². The molecule has 5 nitrogen and oxygen atoms in total. The number of hydrogen-bond donors (Lipinski definition) is 1. The molecule has 1 amide bonds. The second-order valence-corrected chi connectivity index (χ2v) is 8.76. The van der Waals surface area contributed by atoms with Crippen LogP contribution in [0.15, 0.2) is 41.8 Å². The van der Waals surface area contributed by atoms with Crippen LogP contribution in [0.5, 0.6) is 0 Å². The van der Waals surface area contributed by atoms with Crippen LogP contribution in [0, 0.1) is 6.92 Å². The van der Waals surface area contributed by atoms with Gasteiger partial charge >= 0.3 is 0 Å². The summed E-state index contributed by atoms with van der Waals surface area (Å²) in [6.45, 7) is 8.25. The number of aryl methyl sites for hydroxylation is 1. The van der Waals surface area contributed by atoms with Crippen LogP contribution in [-0.2, 0) is 0 Å². The number of thiophene rings is 1. The molecule has 3 aromatic rings. The van der Waals surface area contributed by atoms with E-state index in [1.54, 1.807) is 11.3 Å². The predicted molar refractivity (Wildman–Crippen MR) is 121 cm³/mol. The molecule has 0 bridgehead atoms. The summed E-state index contributed by atoms with van der Waals surface area (Å²) in [4.78, 5) is 23.7. The zero-order valence-electron chi connectivity index (χ0n) is 17.1. The average Bonchev–Trinajstić information content (AvgIpc) is 3.26. The van der Waals surface area contributed by atoms with Crippen LogP contribution in [0.1, 0.15) is 22.3 Å². The number of rotatable bonds is 6. The normalized spacial score (nSPS) is 15.7. The molecule has 1 aromatic carbocycles. The van der Waals surface area contributed by atoms with Crippen molar-refractivity contribution in [1.29, 1.82) is 0 Å². The molecule has 1 saturated heterocycles. The highest BCUT2D eigenvalue weighted by Crippen LogP contribution is 2.28. The first-order valence-electron chi connectivity index (χ1n) is 10.2. The van der Waals surface area contributed by atoms with Gasteiger partial charge in [-0.15, -0.1) is 11.3 Å². The molecule has 0 saturated carbocycles. The summed E-state index contributed by atoms with van der Waals surface area (Å²) in [7, 11) is 2.17. The molecule has 0 radical (unpaired) electrons. The third-order valence-electron chi connectivity index (χ3n) is 5.52. The van der Waals surface area contributed by atoms with E-state index >= 15 is 0 Å². The van der Waals surface area contributed by atoms with E-state index < -0.39 is 0 Å². The Labute approximate surface area is 176 Å². The van der Waals surface area contributed by atoms with Crippen LogP contribution < -0.4 is 5.32 Å². The fourth-order valence-corrected chi connectivity index (χ4v) is 4.44. The number of amides is 1. The number of piperazine rings is 1. The van der Waals surface area contributed by atoms with Gasteiger partial charge < -0.3 is 15.1 Å². The van der Waals surface area contributed by atoms with Gasteiger partial charge in [0, 0.05) is 38.1 Å². The molecule has 2 aromatic heterocycles. The Balaban J connectivity index is 1.46. The minimum Gasteiger partial charge on any atom is -0.352 e. The lowest BCUT2D eigenvalue weighted by Gasteiger charge is -2.32. The number of likely N-dealkylation sites (N-methyl/N-ethyl adjacent to an activating group) is 1. The Morgan fingerprint density at radius 3 is 2.76 bits per heavy atom. The highest BCUT2D eigenvalue weighted by Gasteiger charge is 2.16. The largest absolute Gasteiger partial charge is 0.352 e. The Kier molecular flexibility index (Phi) is 6.23. The van der Waals surface area contributed by atoms with Crippen molar-refractivity contribution in [2.75, 3.05) is 46.3 Å². The predicted octanol–water partition coefficient (Wildman–Crippen LogP) is 3.64. The Hall–Kier alpha value is -2.28. The van der Waals surface area contributed by atoms with Gasteiger partial charge in [-0.1, -0.05) is 17.7 Å². The van der Waals surface area contributed by atoms with Gasteiger partial charge in [0.25, 0.3) is 5.91 Å². The zero-order valence-corrected chi connectivity index (χ0v) is 18.0. The van der Waals surface area contributed by atoms with Crippen molar-refractivity contribution in [3.05, 3.63) is 52.9 Å². The highest BCUT2D eigenvalue weighted by molar-refractivity contribution is 7.13. The lowest BCUT2D eigenvalue weighted by Crippen LogP contribution is -2.45. The van der Waals surface area contributed by atoms with Crippen molar-refractivity contribution >= 4 is 28.1 Å². The van der Waals surface area contributed by atoms with Gasteiger partial charge in [-0.3, -0.25) is 4.79 Å². The van der Waals surface area contributed by atoms with Crippen LogP contribution in [0.4, 0.5) is 0 Å². The lowest BCUT2D eigenvalue weighted by molar-refractivity contribution is 0.0951. The Morgan fingerprint density at radius 2 is 2.00 bits per heavy atom. The first-order chi connectivity index (χ1) is 14.1. The average molecular weight is 409 g/mol. The van der Waals surface area contributed by atoms with Gasteiger partial charge in [0.05, 0.1) is 21.7 Å². The van der Waals surface area contributed by atoms with Crippen molar-refractivity contribution < 1.29 is 4.79 Å². The molecule has 1 aliphatic rings. The Bertz CT molecular complexity index is 978. The van der Waals surface area contributed by atoms with E-state index in [-0.39, 0.29) is 5.91 Å². The maximum Gasteiger partial charge on any atom is 0.252 e. The van der Waals surface area contributed by atoms with E-state index in [1.807, 2.05) is 42.6 Å². The summed E-state index contributed by atoms with van der Waals surface area (Å²) in [5.41, 5.74) is 3.57. The summed E-state index contributed by atoms with van der Waals surface area (Å²) in [5, 5.41) is 6.09. The van der Waals surface area contributed by atoms with Crippen molar-refractivity contribution in [1.82, 2.24) is 20.1 Å². The zero-order chi connectivity index (χ0) is 20.2. The van der Waals surface area contributed by atoms with E-state index in [4.69, 9.17) is 4.98 Å². The van der Waals surface area contributed by atoms with Crippen molar-refractivity contribution in [3.8, 4) is 10.6 Å². The summed E-state index contributed by atoms with van der Waals surface area (Å²) in [6.07, 6.45) is 0.968. The van der Waals surface area contributed by atoms with Crippen molar-refractivity contribution in [3.63, 3.8) is 0 Å². The van der Waals surface area contributed by atoms with E-state index in [9.17, 15) is 4.79 Å². The fourth-order valence-electron chi connectivity index (χ4n) is 3.75. The molecule has 1 N–H and O–H groups in total. The molecule has 0 atom stereocenters. The van der Waals surface area contributed by atoms with Gasteiger partial charge in [0.1, 0.15) is 0 Å². The van der Waals surface area contributed by atoms with Crippen molar-refractivity contribution in [2.24, 2.45) is 0 Å². The minimum absolute atomic E-state index is 0.0146. The smallest absolute Gasteiger partial charge is 0.252 e. The number of carbonyl (C=O) groups excluding carboxylic acids is 1. The molecular formula is C23H28N4OS. The lowest BCUT2D eigenvalue weighted by atomic mass is 10.0. The molecule has 29 heavy (non-hydrogen) atoms. The Morgan fingerprint density at radius 1 is 1.17 bits per heavy atom. The molecule has 1 aliphatic heterocycles. The number of nitrogens with zero attached hydrogens (tertiary/aromatic N) is 3. The number of carbonyl (C=O) groups is 1. The number of nitrogens with one attached hydrogen (secondary N) is 1.